The first-order valence-corrected chi connectivity index (χ1v) is 11.4. The Morgan fingerprint density at radius 1 is 1.17 bits per heavy atom. The highest BCUT2D eigenvalue weighted by atomic mass is 16.9. The number of para-hydroxylation sites is 1. The van der Waals surface area contributed by atoms with Crippen molar-refractivity contribution in [2.24, 2.45) is 7.05 Å². The summed E-state index contributed by atoms with van der Waals surface area (Å²) in [6.45, 7) is 0.313. The zero-order valence-corrected chi connectivity index (χ0v) is 19.0. The first kappa shape index (κ1) is 21.8. The second-order valence-electron chi connectivity index (χ2n) is 9.07. The van der Waals surface area contributed by atoms with Gasteiger partial charge in [0.25, 0.3) is 11.5 Å². The Kier molecular flexibility index (Phi) is 4.95. The van der Waals surface area contributed by atoms with Crippen LogP contribution < -0.4 is 26.2 Å². The summed E-state index contributed by atoms with van der Waals surface area (Å²) >= 11 is 0. The van der Waals surface area contributed by atoms with Gasteiger partial charge in [-0.25, -0.2) is 4.79 Å². The molecular weight excluding hydrogens is 456 g/mol. The van der Waals surface area contributed by atoms with E-state index in [0.29, 0.717) is 35.3 Å². The number of aliphatic hydroxyl groups excluding tert-OH is 1. The molecule has 3 fully saturated rings. The number of anilines is 2. The van der Waals surface area contributed by atoms with Crippen molar-refractivity contribution in [3.8, 4) is 5.75 Å². The lowest BCUT2D eigenvalue weighted by Gasteiger charge is -2.37. The monoisotopic (exact) mass is 480 g/mol. The fraction of sp³-hybridized carbons (Fsp3) is 0.375. The largest absolute Gasteiger partial charge is 0.482 e. The number of amides is 1. The zero-order valence-electron chi connectivity index (χ0n) is 19.0. The average molecular weight is 480 g/mol. The first-order chi connectivity index (χ1) is 16.8. The van der Waals surface area contributed by atoms with E-state index in [0.717, 1.165) is 10.3 Å². The lowest BCUT2D eigenvalue weighted by atomic mass is 10.1. The molecule has 11 heteroatoms. The maximum Gasteiger partial charge on any atom is 0.331 e. The van der Waals surface area contributed by atoms with Crippen molar-refractivity contribution in [1.29, 1.82) is 0 Å². The van der Waals surface area contributed by atoms with Crippen LogP contribution in [0.3, 0.4) is 0 Å². The molecule has 182 valence electrons. The molecule has 1 amide bonds. The van der Waals surface area contributed by atoms with E-state index in [2.05, 4.69) is 5.32 Å². The summed E-state index contributed by atoms with van der Waals surface area (Å²) in [5, 5.41) is 13.9. The van der Waals surface area contributed by atoms with Crippen LogP contribution >= 0.6 is 0 Å². The number of carbonyl (C=O) groups is 1. The summed E-state index contributed by atoms with van der Waals surface area (Å²) in [5.74, 6) is -0.478. The predicted molar refractivity (Wildman–Crippen MR) is 125 cm³/mol. The molecule has 1 aromatic heterocycles. The third-order valence-electron chi connectivity index (χ3n) is 6.74. The van der Waals surface area contributed by atoms with Crippen LogP contribution in [0.25, 0.3) is 10.9 Å². The van der Waals surface area contributed by atoms with E-state index in [-0.39, 0.29) is 25.5 Å². The quantitative estimate of drug-likeness (QED) is 0.529. The summed E-state index contributed by atoms with van der Waals surface area (Å²) in [4.78, 5) is 39.1. The number of aromatic nitrogens is 2. The van der Waals surface area contributed by atoms with E-state index in [1.165, 1.54) is 4.57 Å². The molecule has 0 saturated carbocycles. The van der Waals surface area contributed by atoms with Crippen LogP contribution in [-0.2, 0) is 27.9 Å². The third kappa shape index (κ3) is 3.59. The SMILES string of the molecule is Cn1c(=O)n(CC(O)CCC23CN(c4ccc5c(c4)NC(=O)CO5)C(O2)O3)c(=O)c2ccccc21. The minimum atomic E-state index is -0.938. The summed E-state index contributed by atoms with van der Waals surface area (Å²) in [7, 11) is 1.60. The number of hydrogen-bond donors (Lipinski definition) is 2. The van der Waals surface area contributed by atoms with Gasteiger partial charge >= 0.3 is 5.69 Å². The molecule has 3 saturated heterocycles. The maximum absolute atomic E-state index is 12.8. The van der Waals surface area contributed by atoms with E-state index in [1.54, 1.807) is 37.4 Å². The first-order valence-electron chi connectivity index (χ1n) is 11.4. The van der Waals surface area contributed by atoms with Gasteiger partial charge in [0.15, 0.2) is 12.4 Å². The number of aliphatic hydroxyl groups is 1. The Morgan fingerprint density at radius 3 is 2.80 bits per heavy atom. The van der Waals surface area contributed by atoms with E-state index in [4.69, 9.17) is 14.2 Å². The molecule has 1 unspecified atom stereocenters. The average Bonchev–Trinajstić information content (AvgIpc) is 3.40. The highest BCUT2D eigenvalue weighted by Gasteiger charge is 2.58. The van der Waals surface area contributed by atoms with Gasteiger partial charge in [0.1, 0.15) is 5.75 Å². The van der Waals surface area contributed by atoms with Crippen molar-refractivity contribution in [3.05, 3.63) is 63.3 Å². The molecule has 11 nitrogen and oxygen atoms in total. The van der Waals surface area contributed by atoms with Crippen LogP contribution in [0.5, 0.6) is 5.75 Å². The summed E-state index contributed by atoms with van der Waals surface area (Å²) in [6.07, 6.45) is -0.834. The molecule has 2 bridgehead atoms. The van der Waals surface area contributed by atoms with Crippen LogP contribution in [0.4, 0.5) is 11.4 Å². The number of ether oxygens (including phenoxy) is 3. The van der Waals surface area contributed by atoms with E-state index in [1.807, 2.05) is 17.0 Å². The molecule has 0 aliphatic carbocycles. The third-order valence-corrected chi connectivity index (χ3v) is 6.74. The fourth-order valence-corrected chi connectivity index (χ4v) is 4.88. The molecule has 2 aromatic carbocycles. The van der Waals surface area contributed by atoms with Crippen LogP contribution in [0.2, 0.25) is 0 Å². The number of hydrogen-bond acceptors (Lipinski definition) is 8. The van der Waals surface area contributed by atoms with Gasteiger partial charge in [-0.2, -0.15) is 0 Å². The van der Waals surface area contributed by atoms with Crippen LogP contribution in [0, 0.1) is 0 Å². The molecule has 0 radical (unpaired) electrons. The Labute approximate surface area is 199 Å². The van der Waals surface area contributed by atoms with Gasteiger partial charge in [-0.3, -0.25) is 18.7 Å². The highest BCUT2D eigenvalue weighted by molar-refractivity contribution is 5.96. The van der Waals surface area contributed by atoms with Crippen molar-refractivity contribution in [2.75, 3.05) is 23.4 Å². The number of fused-ring (bicyclic) bond motifs is 3. The molecule has 3 aromatic rings. The number of nitrogens with one attached hydrogen (secondary N) is 1. The van der Waals surface area contributed by atoms with Gasteiger partial charge in [0.2, 0.25) is 6.41 Å². The smallest absolute Gasteiger partial charge is 0.331 e. The Balaban J connectivity index is 1.13. The van der Waals surface area contributed by atoms with E-state index < -0.39 is 29.6 Å². The van der Waals surface area contributed by atoms with E-state index in [9.17, 15) is 19.5 Å². The highest BCUT2D eigenvalue weighted by Crippen LogP contribution is 2.46. The van der Waals surface area contributed by atoms with Gasteiger partial charge in [0.05, 0.1) is 35.8 Å². The fourth-order valence-electron chi connectivity index (χ4n) is 4.88. The van der Waals surface area contributed by atoms with Crippen LogP contribution in [0.15, 0.2) is 52.1 Å². The van der Waals surface area contributed by atoms with Crippen LogP contribution in [0.1, 0.15) is 12.8 Å². The number of carbonyl (C=O) groups excluding carboxylic acids is 1. The zero-order chi connectivity index (χ0) is 24.3. The summed E-state index contributed by atoms with van der Waals surface area (Å²) < 4.78 is 19.8. The van der Waals surface area contributed by atoms with Gasteiger partial charge in [-0.15, -0.1) is 0 Å². The minimum Gasteiger partial charge on any atom is -0.482 e. The molecule has 1 atom stereocenters. The van der Waals surface area contributed by atoms with Gasteiger partial charge < -0.3 is 29.5 Å². The van der Waals surface area contributed by atoms with Crippen molar-refractivity contribution in [1.82, 2.24) is 9.13 Å². The molecule has 2 N–H and O–H groups in total. The molecule has 4 aliphatic heterocycles. The molecule has 7 rings (SSSR count). The standard InChI is InChI=1S/C24H24N4O7/c1-26-18-5-3-2-4-16(18)21(31)27(22(26)32)11-15(29)8-9-24-13-28(23(34-24)35-24)14-6-7-19-17(10-14)25-20(30)12-33-19/h2-7,10,15,23,29H,8-9,11-13H2,1H3,(H,25,30). The van der Waals surface area contributed by atoms with Gasteiger partial charge in [0, 0.05) is 19.2 Å². The van der Waals surface area contributed by atoms with Crippen molar-refractivity contribution in [3.63, 3.8) is 0 Å². The summed E-state index contributed by atoms with van der Waals surface area (Å²) in [6, 6.07) is 12.4. The number of benzene rings is 2. The molecule has 5 heterocycles. The van der Waals surface area contributed by atoms with Gasteiger partial charge in [-0.1, -0.05) is 12.1 Å². The lowest BCUT2D eigenvalue weighted by molar-refractivity contribution is -0.407. The Hall–Kier alpha value is -3.67. The predicted octanol–water partition coefficient (Wildman–Crippen LogP) is 0.719. The Bertz CT molecular complexity index is 1460. The van der Waals surface area contributed by atoms with Crippen molar-refractivity contribution < 1.29 is 24.1 Å². The Morgan fingerprint density at radius 2 is 1.97 bits per heavy atom. The van der Waals surface area contributed by atoms with Crippen molar-refractivity contribution in [2.45, 2.75) is 37.7 Å². The minimum absolute atomic E-state index is 0.00618. The number of rotatable bonds is 6. The normalized spacial score (nSPS) is 23.4. The second kappa shape index (κ2) is 7.94. The van der Waals surface area contributed by atoms with Gasteiger partial charge in [-0.05, 0) is 36.8 Å². The number of aryl methyl sites for hydroxylation is 1. The summed E-state index contributed by atoms with van der Waals surface area (Å²) in [5.41, 5.74) is 1.06. The molecule has 35 heavy (non-hydrogen) atoms. The lowest BCUT2D eigenvalue weighted by Crippen LogP contribution is -2.48. The number of nitrogens with zero attached hydrogens (tertiary/aromatic N) is 3. The maximum atomic E-state index is 12.8. The van der Waals surface area contributed by atoms with Crippen molar-refractivity contribution >= 4 is 28.2 Å². The topological polar surface area (TPSA) is 124 Å². The molecular formula is C24H24N4O7. The molecule has 0 spiro atoms. The second-order valence-corrected chi connectivity index (χ2v) is 9.07. The molecule has 4 aliphatic rings. The van der Waals surface area contributed by atoms with Crippen LogP contribution in [-0.4, -0.2) is 51.6 Å². The van der Waals surface area contributed by atoms with E-state index >= 15 is 0 Å².